The molecule has 0 heterocycles. The van der Waals surface area contributed by atoms with Crippen molar-refractivity contribution in [3.05, 3.63) is 47.5 Å². The average molecular weight is 597 g/mol. The van der Waals surface area contributed by atoms with Gasteiger partial charge in [0.05, 0.1) is 18.2 Å². The lowest BCUT2D eigenvalue weighted by molar-refractivity contribution is -0.181. The number of allylic oxidation sites excluding steroid dienone is 2. The minimum atomic E-state index is -1.61. The van der Waals surface area contributed by atoms with Crippen LogP contribution in [0.5, 0.6) is 0 Å². The first kappa shape index (κ1) is 31.3. The molecule has 0 radical (unpaired) electrons. The maximum Gasteiger partial charge on any atom is 0.304 e. The van der Waals surface area contributed by atoms with Crippen molar-refractivity contribution in [2.75, 3.05) is 19.8 Å². The van der Waals surface area contributed by atoms with Crippen molar-refractivity contribution in [1.82, 2.24) is 5.32 Å². The molecule has 0 aromatic heterocycles. The Balaban J connectivity index is 1.21. The van der Waals surface area contributed by atoms with Crippen molar-refractivity contribution in [1.29, 1.82) is 0 Å². The van der Waals surface area contributed by atoms with E-state index >= 15 is 0 Å². The molecule has 43 heavy (non-hydrogen) atoms. The molecule has 4 aliphatic carbocycles. The third kappa shape index (κ3) is 5.65. The number of hydrogen-bond acceptors (Lipinski definition) is 8. The van der Waals surface area contributed by atoms with Gasteiger partial charge in [0, 0.05) is 17.9 Å². The maximum absolute atomic E-state index is 12.6. The van der Waals surface area contributed by atoms with E-state index in [1.807, 2.05) is 43.3 Å². The van der Waals surface area contributed by atoms with Gasteiger partial charge in [-0.3, -0.25) is 14.4 Å². The molecule has 10 heteroatoms. The zero-order chi connectivity index (χ0) is 31.0. The largest absolute Gasteiger partial charge is 0.481 e. The summed E-state index contributed by atoms with van der Waals surface area (Å²) in [4.78, 5) is 41.8. The third-order valence-electron chi connectivity index (χ3n) is 11.3. The van der Waals surface area contributed by atoms with Crippen molar-refractivity contribution in [3.8, 4) is 0 Å². The summed E-state index contributed by atoms with van der Waals surface area (Å²) in [5, 5.41) is 48.8. The molecular formula is C33H44N2O8. The van der Waals surface area contributed by atoms with Crippen molar-refractivity contribution in [2.45, 2.75) is 82.8 Å². The van der Waals surface area contributed by atoms with Gasteiger partial charge in [0.2, 0.25) is 0 Å². The standard InChI is InChI=1S/C33H44N2O8/c1-31-12-10-23(35-43-19-28(39)34-17-21(14-29(40)41)20-6-4-3-5-7-20)15-22(31)8-9-24-25-11-13-33(42,27(38)18-36)32(25,2)16-26(37)30(24)31/h3-7,15,21,24-26,30,36-37,42H,8-14,16-19H2,1-2H3,(H,34,39)(H,40,41)/b35-23-/t21?,24?,25?,26?,30?,31-,32-,33-/m0/s1. The summed E-state index contributed by atoms with van der Waals surface area (Å²) in [5.74, 6) is -1.97. The quantitative estimate of drug-likeness (QED) is 0.257. The van der Waals surface area contributed by atoms with Gasteiger partial charge < -0.3 is 30.6 Å². The topological polar surface area (TPSA) is 166 Å². The van der Waals surface area contributed by atoms with Gasteiger partial charge in [-0.05, 0) is 79.8 Å². The van der Waals surface area contributed by atoms with E-state index in [9.17, 15) is 34.8 Å². The van der Waals surface area contributed by atoms with Gasteiger partial charge in [0.25, 0.3) is 5.91 Å². The number of hydrogen-bond donors (Lipinski definition) is 5. The van der Waals surface area contributed by atoms with E-state index in [1.165, 1.54) is 5.57 Å². The summed E-state index contributed by atoms with van der Waals surface area (Å²) >= 11 is 0. The number of benzene rings is 1. The number of carboxylic acid groups (broad SMARTS) is 1. The lowest BCUT2D eigenvalue weighted by Gasteiger charge is -2.60. The first-order chi connectivity index (χ1) is 20.4. The molecule has 5 unspecified atom stereocenters. The highest BCUT2D eigenvalue weighted by atomic mass is 16.6. The van der Waals surface area contributed by atoms with Crippen LogP contribution in [0, 0.1) is 28.6 Å². The van der Waals surface area contributed by atoms with Gasteiger partial charge in [0.1, 0.15) is 12.2 Å². The second-order valence-corrected chi connectivity index (χ2v) is 13.5. The number of aliphatic carboxylic acids is 1. The Labute approximate surface area is 252 Å². The third-order valence-corrected chi connectivity index (χ3v) is 11.3. The number of nitrogens with zero attached hydrogens (tertiary/aromatic N) is 1. The van der Waals surface area contributed by atoms with Crippen molar-refractivity contribution in [2.24, 2.45) is 33.7 Å². The molecule has 4 aliphatic rings. The molecule has 3 saturated carbocycles. The van der Waals surface area contributed by atoms with E-state index in [0.29, 0.717) is 25.7 Å². The highest BCUT2D eigenvalue weighted by Crippen LogP contribution is 2.67. The van der Waals surface area contributed by atoms with Crippen LogP contribution in [0.3, 0.4) is 0 Å². The zero-order valence-electron chi connectivity index (χ0n) is 25.0. The van der Waals surface area contributed by atoms with E-state index in [1.54, 1.807) is 0 Å². The second kappa shape index (κ2) is 12.1. The van der Waals surface area contributed by atoms with Gasteiger partial charge in [-0.25, -0.2) is 0 Å². The number of amides is 1. The van der Waals surface area contributed by atoms with Crippen LogP contribution < -0.4 is 5.32 Å². The number of fused-ring (bicyclic) bond motifs is 5. The molecule has 8 atom stereocenters. The molecule has 10 nitrogen and oxygen atoms in total. The van der Waals surface area contributed by atoms with Gasteiger partial charge in [-0.1, -0.05) is 54.9 Å². The Morgan fingerprint density at radius 2 is 1.86 bits per heavy atom. The molecule has 0 bridgehead atoms. The number of aliphatic hydroxyl groups is 3. The zero-order valence-corrected chi connectivity index (χ0v) is 25.0. The number of aliphatic hydroxyl groups excluding tert-OH is 2. The molecule has 1 aromatic rings. The minimum Gasteiger partial charge on any atom is -0.481 e. The van der Waals surface area contributed by atoms with Crippen LogP contribution >= 0.6 is 0 Å². The average Bonchev–Trinajstić information content (AvgIpc) is 3.25. The predicted octanol–water partition coefficient (Wildman–Crippen LogP) is 2.96. The summed E-state index contributed by atoms with van der Waals surface area (Å²) in [6, 6.07) is 9.22. The smallest absolute Gasteiger partial charge is 0.304 e. The van der Waals surface area contributed by atoms with E-state index in [0.717, 1.165) is 30.5 Å². The summed E-state index contributed by atoms with van der Waals surface area (Å²) < 4.78 is 0. The maximum atomic E-state index is 12.6. The fraction of sp³-hybridized carbons (Fsp3) is 0.636. The number of carbonyl (C=O) groups is 3. The normalized spacial score (nSPS) is 36.5. The summed E-state index contributed by atoms with van der Waals surface area (Å²) in [7, 11) is 0. The van der Waals surface area contributed by atoms with E-state index in [2.05, 4.69) is 17.4 Å². The SMILES string of the molecule is C[C@]12CC/C(=N/OCC(=O)NCC(CC(=O)O)c3ccccc3)C=C1CCC1C2C(O)C[C@@]2(C)C1CC[C@]2(O)C(=O)CO. The monoisotopic (exact) mass is 596 g/mol. The number of nitrogens with one attached hydrogen (secondary N) is 1. The number of ketones is 1. The Bertz CT molecular complexity index is 1300. The van der Waals surface area contributed by atoms with Crippen LogP contribution in [0.1, 0.15) is 76.7 Å². The highest BCUT2D eigenvalue weighted by Gasteiger charge is 2.68. The Kier molecular flexibility index (Phi) is 8.84. The van der Waals surface area contributed by atoms with Gasteiger partial charge in [0.15, 0.2) is 12.4 Å². The number of carbonyl (C=O) groups excluding carboxylic acids is 2. The van der Waals surface area contributed by atoms with Gasteiger partial charge >= 0.3 is 5.97 Å². The minimum absolute atomic E-state index is 0.00578. The molecular weight excluding hydrogens is 552 g/mol. The molecule has 5 rings (SSSR count). The van der Waals surface area contributed by atoms with Crippen LogP contribution in [0.25, 0.3) is 0 Å². The fourth-order valence-electron chi connectivity index (χ4n) is 9.07. The summed E-state index contributed by atoms with van der Waals surface area (Å²) in [6.45, 7) is 3.31. The molecule has 0 aliphatic heterocycles. The first-order valence-electron chi connectivity index (χ1n) is 15.4. The number of rotatable bonds is 10. The van der Waals surface area contributed by atoms with Crippen LogP contribution in [-0.4, -0.2) is 75.3 Å². The Hall–Kier alpha value is -3.08. The molecule has 234 valence electrons. The summed E-state index contributed by atoms with van der Waals surface area (Å²) in [5.41, 5.74) is 0.157. The van der Waals surface area contributed by atoms with Crippen LogP contribution in [0.4, 0.5) is 0 Å². The highest BCUT2D eigenvalue weighted by molar-refractivity contribution is 5.96. The van der Waals surface area contributed by atoms with E-state index in [4.69, 9.17) is 4.84 Å². The van der Waals surface area contributed by atoms with Gasteiger partial charge in [-0.15, -0.1) is 0 Å². The van der Waals surface area contributed by atoms with Gasteiger partial charge in [-0.2, -0.15) is 0 Å². The molecule has 0 saturated heterocycles. The van der Waals surface area contributed by atoms with Crippen LogP contribution in [-0.2, 0) is 19.2 Å². The molecule has 0 spiro atoms. The van der Waals surface area contributed by atoms with E-state index in [-0.39, 0.29) is 54.6 Å². The predicted molar refractivity (Wildman–Crippen MR) is 158 cm³/mol. The Morgan fingerprint density at radius 1 is 1.12 bits per heavy atom. The van der Waals surface area contributed by atoms with Crippen LogP contribution in [0.15, 0.2) is 47.1 Å². The molecule has 1 amide bonds. The van der Waals surface area contributed by atoms with Crippen molar-refractivity contribution < 1.29 is 39.6 Å². The van der Waals surface area contributed by atoms with Crippen LogP contribution in [0.2, 0.25) is 0 Å². The first-order valence-corrected chi connectivity index (χ1v) is 15.4. The fourth-order valence-corrected chi connectivity index (χ4v) is 9.07. The number of carboxylic acids is 1. The lowest BCUT2D eigenvalue weighted by atomic mass is 9.45. The second-order valence-electron chi connectivity index (χ2n) is 13.5. The van der Waals surface area contributed by atoms with Crippen molar-refractivity contribution in [3.63, 3.8) is 0 Å². The number of Topliss-reactive ketones (excluding diaryl/α,β-unsaturated/α-hetero) is 1. The summed E-state index contributed by atoms with van der Waals surface area (Å²) in [6.07, 6.45) is 5.63. The van der Waals surface area contributed by atoms with Crippen molar-refractivity contribution >= 4 is 23.4 Å². The Morgan fingerprint density at radius 3 is 2.56 bits per heavy atom. The van der Waals surface area contributed by atoms with E-state index < -0.39 is 35.5 Å². The lowest BCUT2D eigenvalue weighted by Crippen LogP contribution is -2.62. The molecule has 3 fully saturated rings. The molecule has 1 aromatic carbocycles. The number of oxime groups is 1. The molecule has 5 N–H and O–H groups in total.